The van der Waals surface area contributed by atoms with Crippen LogP contribution >= 0.6 is 0 Å². The molecule has 0 N–H and O–H groups in total. The number of carbonyl (C=O) groups excluding carboxylic acids is 1. The average molecular weight is 339 g/mol. The monoisotopic (exact) mass is 339 g/mol. The van der Waals surface area contributed by atoms with E-state index in [-0.39, 0.29) is 16.7 Å². The van der Waals surface area contributed by atoms with Gasteiger partial charge in [0.1, 0.15) is 0 Å². The Balaban J connectivity index is 1.88. The summed E-state index contributed by atoms with van der Waals surface area (Å²) in [6.45, 7) is 2.92. The normalized spacial score (nSPS) is 24.0. The van der Waals surface area contributed by atoms with Crippen molar-refractivity contribution in [1.82, 2.24) is 4.31 Å². The Hall–Kier alpha value is -1.28. The Morgan fingerprint density at radius 2 is 1.78 bits per heavy atom. The van der Waals surface area contributed by atoms with Crippen LogP contribution in [-0.2, 0) is 19.5 Å². The maximum atomic E-state index is 13.0. The second kappa shape index (κ2) is 6.68. The molecule has 0 aromatic heterocycles. The molecular formula is C16H21NO5S. The molecular weight excluding hydrogens is 318 g/mol. The third-order valence-corrected chi connectivity index (χ3v) is 6.27. The third-order valence-electron chi connectivity index (χ3n) is 4.33. The van der Waals surface area contributed by atoms with E-state index < -0.39 is 16.3 Å². The lowest BCUT2D eigenvalue weighted by Gasteiger charge is -2.36. The van der Waals surface area contributed by atoms with Crippen LogP contribution in [0.1, 0.15) is 36.5 Å². The van der Waals surface area contributed by atoms with Crippen molar-refractivity contribution in [1.29, 1.82) is 0 Å². The molecule has 0 aliphatic carbocycles. The van der Waals surface area contributed by atoms with E-state index in [4.69, 9.17) is 9.47 Å². The molecule has 126 valence electrons. The average Bonchev–Trinajstić information content (AvgIpc) is 3.09. The lowest BCUT2D eigenvalue weighted by atomic mass is 10.0. The molecule has 0 bridgehead atoms. The van der Waals surface area contributed by atoms with Crippen LogP contribution in [0.25, 0.3) is 0 Å². The smallest absolute Gasteiger partial charge is 0.243 e. The number of rotatable bonds is 4. The molecule has 6 nitrogen and oxygen atoms in total. The molecule has 1 atom stereocenters. The number of hydrogen-bond donors (Lipinski definition) is 0. The first-order valence-corrected chi connectivity index (χ1v) is 9.30. The van der Waals surface area contributed by atoms with Crippen molar-refractivity contribution in [2.45, 2.75) is 43.4 Å². The van der Waals surface area contributed by atoms with Crippen molar-refractivity contribution in [3.05, 3.63) is 29.8 Å². The van der Waals surface area contributed by atoms with Gasteiger partial charge in [0.05, 0.1) is 24.2 Å². The summed E-state index contributed by atoms with van der Waals surface area (Å²) in [7, 11) is -3.63. The lowest BCUT2D eigenvalue weighted by molar-refractivity contribution is -0.0913. The molecule has 7 heteroatoms. The fraction of sp³-hybridized carbons (Fsp3) is 0.562. The van der Waals surface area contributed by atoms with E-state index in [0.717, 1.165) is 19.3 Å². The van der Waals surface area contributed by atoms with E-state index in [1.54, 1.807) is 12.1 Å². The molecule has 2 heterocycles. The van der Waals surface area contributed by atoms with E-state index in [9.17, 15) is 13.2 Å². The Labute approximate surface area is 136 Å². The Morgan fingerprint density at radius 1 is 1.13 bits per heavy atom. The summed E-state index contributed by atoms with van der Waals surface area (Å²) in [5.41, 5.74) is 0.501. The highest BCUT2D eigenvalue weighted by atomic mass is 32.2. The molecule has 1 unspecified atom stereocenters. The van der Waals surface area contributed by atoms with Crippen LogP contribution in [0.4, 0.5) is 0 Å². The SMILES string of the molecule is CC(=O)c1ccc(S(=O)(=O)N2CCCCC2C2OCCO2)cc1. The van der Waals surface area contributed by atoms with E-state index in [1.165, 1.54) is 23.4 Å². The molecule has 2 aliphatic rings. The highest BCUT2D eigenvalue weighted by molar-refractivity contribution is 7.89. The topological polar surface area (TPSA) is 72.9 Å². The fourth-order valence-electron chi connectivity index (χ4n) is 3.10. The number of ether oxygens (including phenoxy) is 2. The third kappa shape index (κ3) is 3.33. The summed E-state index contributed by atoms with van der Waals surface area (Å²) in [5, 5.41) is 0. The van der Waals surface area contributed by atoms with Crippen LogP contribution < -0.4 is 0 Å². The minimum atomic E-state index is -3.63. The predicted molar refractivity (Wildman–Crippen MR) is 83.7 cm³/mol. The van der Waals surface area contributed by atoms with Gasteiger partial charge in [0.25, 0.3) is 0 Å². The van der Waals surface area contributed by atoms with Gasteiger partial charge in [0.15, 0.2) is 12.1 Å². The van der Waals surface area contributed by atoms with E-state index >= 15 is 0 Å². The Bertz CT molecular complexity index is 664. The zero-order valence-electron chi connectivity index (χ0n) is 13.1. The number of piperidine rings is 1. The number of carbonyl (C=O) groups is 1. The summed E-state index contributed by atoms with van der Waals surface area (Å²) < 4.78 is 38.5. The Morgan fingerprint density at radius 3 is 2.39 bits per heavy atom. The zero-order chi connectivity index (χ0) is 16.4. The summed E-state index contributed by atoms with van der Waals surface area (Å²) >= 11 is 0. The molecule has 1 aromatic rings. The molecule has 0 spiro atoms. The number of nitrogens with zero attached hydrogens (tertiary/aromatic N) is 1. The van der Waals surface area contributed by atoms with Crippen molar-refractivity contribution < 1.29 is 22.7 Å². The highest BCUT2D eigenvalue weighted by Crippen LogP contribution is 2.30. The molecule has 3 rings (SSSR count). The summed E-state index contributed by atoms with van der Waals surface area (Å²) in [6.07, 6.45) is 2.04. The Kier molecular flexibility index (Phi) is 4.82. The van der Waals surface area contributed by atoms with Gasteiger partial charge < -0.3 is 9.47 Å². The van der Waals surface area contributed by atoms with Gasteiger partial charge in [-0.15, -0.1) is 0 Å². The first-order chi connectivity index (χ1) is 11.0. The van der Waals surface area contributed by atoms with E-state index in [1.807, 2.05) is 0 Å². The zero-order valence-corrected chi connectivity index (χ0v) is 13.9. The van der Waals surface area contributed by atoms with Gasteiger partial charge in [0.2, 0.25) is 10.0 Å². The molecule has 2 saturated heterocycles. The molecule has 2 fully saturated rings. The van der Waals surface area contributed by atoms with Crippen molar-refractivity contribution in [3.63, 3.8) is 0 Å². The number of Topliss-reactive ketones (excluding diaryl/α,β-unsaturated/α-hetero) is 1. The van der Waals surface area contributed by atoms with Gasteiger partial charge in [0, 0.05) is 12.1 Å². The van der Waals surface area contributed by atoms with Crippen LogP contribution in [0, 0.1) is 0 Å². The highest BCUT2D eigenvalue weighted by Gasteiger charge is 2.40. The summed E-state index contributed by atoms with van der Waals surface area (Å²) in [6, 6.07) is 5.80. The number of ketones is 1. The minimum absolute atomic E-state index is 0.0856. The second-order valence-corrected chi connectivity index (χ2v) is 7.76. The second-order valence-electron chi connectivity index (χ2n) is 5.87. The molecule has 2 aliphatic heterocycles. The first kappa shape index (κ1) is 16.6. The summed E-state index contributed by atoms with van der Waals surface area (Å²) in [5.74, 6) is -0.0856. The molecule has 0 saturated carbocycles. The van der Waals surface area contributed by atoms with Gasteiger partial charge in [-0.2, -0.15) is 4.31 Å². The van der Waals surface area contributed by atoms with Gasteiger partial charge >= 0.3 is 0 Å². The fourth-order valence-corrected chi connectivity index (χ4v) is 4.78. The van der Waals surface area contributed by atoms with Gasteiger partial charge in [-0.05, 0) is 31.9 Å². The van der Waals surface area contributed by atoms with Gasteiger partial charge in [-0.1, -0.05) is 18.6 Å². The maximum absolute atomic E-state index is 13.0. The maximum Gasteiger partial charge on any atom is 0.243 e. The summed E-state index contributed by atoms with van der Waals surface area (Å²) in [4.78, 5) is 11.5. The molecule has 23 heavy (non-hydrogen) atoms. The van der Waals surface area contributed by atoms with Crippen molar-refractivity contribution >= 4 is 15.8 Å². The van der Waals surface area contributed by atoms with Crippen LogP contribution in [-0.4, -0.2) is 50.6 Å². The van der Waals surface area contributed by atoms with E-state index in [2.05, 4.69) is 0 Å². The predicted octanol–water partition coefficient (Wildman–Crippen LogP) is 1.81. The number of hydrogen-bond acceptors (Lipinski definition) is 5. The van der Waals surface area contributed by atoms with Crippen LogP contribution in [0.2, 0.25) is 0 Å². The number of benzene rings is 1. The van der Waals surface area contributed by atoms with Crippen molar-refractivity contribution in [2.24, 2.45) is 0 Å². The number of sulfonamides is 1. The minimum Gasteiger partial charge on any atom is -0.349 e. The van der Waals surface area contributed by atoms with Crippen molar-refractivity contribution in [2.75, 3.05) is 19.8 Å². The quantitative estimate of drug-likeness (QED) is 0.782. The lowest BCUT2D eigenvalue weighted by Crippen LogP contribution is -2.50. The molecule has 0 amide bonds. The van der Waals surface area contributed by atoms with Crippen molar-refractivity contribution in [3.8, 4) is 0 Å². The molecule has 0 radical (unpaired) electrons. The van der Waals surface area contributed by atoms with Gasteiger partial charge in [-0.25, -0.2) is 8.42 Å². The largest absolute Gasteiger partial charge is 0.349 e. The molecule has 1 aromatic carbocycles. The van der Waals surface area contributed by atoms with Gasteiger partial charge in [-0.3, -0.25) is 4.79 Å². The first-order valence-electron chi connectivity index (χ1n) is 7.86. The van der Waals surface area contributed by atoms with Crippen LogP contribution in [0.5, 0.6) is 0 Å². The van der Waals surface area contributed by atoms with E-state index in [0.29, 0.717) is 25.3 Å². The van der Waals surface area contributed by atoms with Crippen LogP contribution in [0.3, 0.4) is 0 Å². The standard InChI is InChI=1S/C16H21NO5S/c1-12(18)13-5-7-14(8-6-13)23(19,20)17-9-3-2-4-15(17)16-21-10-11-22-16/h5-8,15-16H,2-4,9-11H2,1H3. The van der Waals surface area contributed by atoms with Crippen LogP contribution in [0.15, 0.2) is 29.2 Å².